The van der Waals surface area contributed by atoms with E-state index < -0.39 is 0 Å². The summed E-state index contributed by atoms with van der Waals surface area (Å²) >= 11 is 1.58. The van der Waals surface area contributed by atoms with Gasteiger partial charge in [-0.1, -0.05) is 0 Å². The minimum Gasteiger partial charge on any atom is -0.378 e. The van der Waals surface area contributed by atoms with Crippen LogP contribution in [-0.4, -0.2) is 25.1 Å². The molecule has 0 radical (unpaired) electrons. The Hall–Kier alpha value is -0.410. The molecule has 1 aromatic rings. The maximum atomic E-state index is 5.48. The van der Waals surface area contributed by atoms with Crippen molar-refractivity contribution in [3.05, 3.63) is 16.1 Å². The standard InChI is InChI=1S/C8H14N4OS.HI/c1-10-8(9)11-3-6-5-14-7(12-6)4-13-2;/h5H,3-4H2,1-2H3,(H3,9,10,11);1H. The largest absolute Gasteiger partial charge is 0.378 e. The molecule has 0 aromatic carbocycles. The quantitative estimate of drug-likeness (QED) is 0.485. The van der Waals surface area contributed by atoms with Crippen LogP contribution in [0.3, 0.4) is 0 Å². The molecule has 0 fully saturated rings. The summed E-state index contributed by atoms with van der Waals surface area (Å²) in [6.07, 6.45) is 0. The van der Waals surface area contributed by atoms with Crippen molar-refractivity contribution in [2.24, 2.45) is 10.7 Å². The lowest BCUT2D eigenvalue weighted by atomic mass is 10.5. The number of nitrogens with one attached hydrogen (secondary N) is 1. The van der Waals surface area contributed by atoms with Crippen molar-refractivity contribution >= 4 is 41.3 Å². The van der Waals surface area contributed by atoms with E-state index in [0.29, 0.717) is 19.1 Å². The Labute approximate surface area is 110 Å². The maximum absolute atomic E-state index is 5.48. The lowest BCUT2D eigenvalue weighted by molar-refractivity contribution is 0.184. The van der Waals surface area contributed by atoms with Gasteiger partial charge in [-0.25, -0.2) is 4.98 Å². The van der Waals surface area contributed by atoms with Crippen molar-refractivity contribution in [3.63, 3.8) is 0 Å². The van der Waals surface area contributed by atoms with E-state index in [9.17, 15) is 0 Å². The molecule has 0 saturated carbocycles. The Kier molecular flexibility index (Phi) is 7.61. The van der Waals surface area contributed by atoms with E-state index >= 15 is 0 Å². The van der Waals surface area contributed by atoms with Crippen LogP contribution < -0.4 is 11.1 Å². The van der Waals surface area contributed by atoms with Crippen LogP contribution >= 0.6 is 35.3 Å². The summed E-state index contributed by atoms with van der Waals surface area (Å²) in [6, 6.07) is 0. The van der Waals surface area contributed by atoms with E-state index in [0.717, 1.165) is 10.7 Å². The summed E-state index contributed by atoms with van der Waals surface area (Å²) in [7, 11) is 3.29. The average Bonchev–Trinajstić information content (AvgIpc) is 2.63. The first-order chi connectivity index (χ1) is 6.76. The number of rotatable bonds is 4. The zero-order chi connectivity index (χ0) is 10.4. The predicted octanol–water partition coefficient (Wildman–Crippen LogP) is 0.942. The van der Waals surface area contributed by atoms with Crippen LogP contribution in [0.25, 0.3) is 0 Å². The third-order valence-electron chi connectivity index (χ3n) is 1.56. The highest BCUT2D eigenvalue weighted by molar-refractivity contribution is 14.0. The molecule has 7 heteroatoms. The van der Waals surface area contributed by atoms with Gasteiger partial charge in [0.2, 0.25) is 0 Å². The lowest BCUT2D eigenvalue weighted by Crippen LogP contribution is -2.30. The summed E-state index contributed by atoms with van der Waals surface area (Å²) in [5.74, 6) is 0.422. The third kappa shape index (κ3) is 5.28. The van der Waals surface area contributed by atoms with Gasteiger partial charge in [0.15, 0.2) is 5.96 Å². The number of aromatic nitrogens is 1. The van der Waals surface area contributed by atoms with Crippen molar-refractivity contribution in [1.82, 2.24) is 10.3 Å². The van der Waals surface area contributed by atoms with Gasteiger partial charge in [-0.2, -0.15) is 0 Å². The molecule has 0 atom stereocenters. The highest BCUT2D eigenvalue weighted by Gasteiger charge is 2.01. The summed E-state index contributed by atoms with van der Waals surface area (Å²) in [5, 5.41) is 5.88. The van der Waals surface area contributed by atoms with Crippen molar-refractivity contribution in [1.29, 1.82) is 0 Å². The van der Waals surface area contributed by atoms with E-state index in [1.807, 2.05) is 5.38 Å². The molecule has 1 rings (SSSR count). The monoisotopic (exact) mass is 342 g/mol. The minimum atomic E-state index is 0. The molecule has 0 spiro atoms. The zero-order valence-electron chi connectivity index (χ0n) is 8.69. The van der Waals surface area contributed by atoms with Crippen LogP contribution in [0.2, 0.25) is 0 Å². The van der Waals surface area contributed by atoms with E-state index in [1.165, 1.54) is 0 Å². The average molecular weight is 342 g/mol. The maximum Gasteiger partial charge on any atom is 0.188 e. The molecule has 1 aromatic heterocycles. The molecule has 3 N–H and O–H groups in total. The van der Waals surface area contributed by atoms with Gasteiger partial charge in [-0.15, -0.1) is 35.3 Å². The van der Waals surface area contributed by atoms with E-state index in [2.05, 4.69) is 15.3 Å². The smallest absolute Gasteiger partial charge is 0.188 e. The molecule has 0 saturated heterocycles. The number of nitrogens with two attached hydrogens (primary N) is 1. The minimum absolute atomic E-state index is 0. The third-order valence-corrected chi connectivity index (χ3v) is 2.43. The topological polar surface area (TPSA) is 72.5 Å². The van der Waals surface area contributed by atoms with Gasteiger partial charge in [0, 0.05) is 19.5 Å². The zero-order valence-corrected chi connectivity index (χ0v) is 11.8. The summed E-state index contributed by atoms with van der Waals surface area (Å²) in [6.45, 7) is 1.16. The Morgan fingerprint density at radius 3 is 3.07 bits per heavy atom. The van der Waals surface area contributed by atoms with Gasteiger partial charge in [0.05, 0.1) is 18.8 Å². The Bertz CT molecular complexity index is 315. The Morgan fingerprint density at radius 2 is 2.47 bits per heavy atom. The molecule has 0 amide bonds. The first-order valence-corrected chi connectivity index (χ1v) is 5.02. The Morgan fingerprint density at radius 1 is 1.73 bits per heavy atom. The highest BCUT2D eigenvalue weighted by Crippen LogP contribution is 2.09. The molecule has 0 aliphatic heterocycles. The normalized spacial score (nSPS) is 10.9. The van der Waals surface area contributed by atoms with Crippen LogP contribution in [0, 0.1) is 0 Å². The number of hydrogen-bond donors (Lipinski definition) is 2. The molecule has 0 aliphatic carbocycles. The second-order valence-electron chi connectivity index (χ2n) is 2.63. The molecule has 15 heavy (non-hydrogen) atoms. The van der Waals surface area contributed by atoms with E-state index in [4.69, 9.17) is 10.5 Å². The number of aliphatic imine (C=N–C) groups is 1. The molecular formula is C8H15IN4OS. The molecule has 0 bridgehead atoms. The molecule has 0 unspecified atom stereocenters. The summed E-state index contributed by atoms with van der Waals surface area (Å²) in [4.78, 5) is 8.11. The molecular weight excluding hydrogens is 327 g/mol. The molecule has 1 heterocycles. The van der Waals surface area contributed by atoms with Crippen LogP contribution in [-0.2, 0) is 17.9 Å². The van der Waals surface area contributed by atoms with Gasteiger partial charge >= 0.3 is 0 Å². The van der Waals surface area contributed by atoms with Crippen LogP contribution in [0.4, 0.5) is 0 Å². The number of halogens is 1. The highest BCUT2D eigenvalue weighted by atomic mass is 127. The van der Waals surface area contributed by atoms with Crippen LogP contribution in [0.15, 0.2) is 10.4 Å². The molecule has 86 valence electrons. The van der Waals surface area contributed by atoms with Crippen LogP contribution in [0.5, 0.6) is 0 Å². The Balaban J connectivity index is 0.00000196. The molecule has 0 aliphatic rings. The van der Waals surface area contributed by atoms with Gasteiger partial charge in [0.25, 0.3) is 0 Å². The van der Waals surface area contributed by atoms with E-state index in [-0.39, 0.29) is 24.0 Å². The fraction of sp³-hybridized carbons (Fsp3) is 0.500. The van der Waals surface area contributed by atoms with E-state index in [1.54, 1.807) is 25.5 Å². The first kappa shape index (κ1) is 14.6. The lowest BCUT2D eigenvalue weighted by Gasteiger charge is -2.00. The van der Waals surface area contributed by atoms with Gasteiger partial charge < -0.3 is 15.8 Å². The number of hydrogen-bond acceptors (Lipinski definition) is 4. The van der Waals surface area contributed by atoms with Crippen molar-refractivity contribution in [3.8, 4) is 0 Å². The summed E-state index contributed by atoms with van der Waals surface area (Å²) < 4.78 is 4.97. The van der Waals surface area contributed by atoms with Crippen molar-refractivity contribution in [2.45, 2.75) is 13.2 Å². The second-order valence-corrected chi connectivity index (χ2v) is 3.57. The second kappa shape index (κ2) is 7.83. The van der Waals surface area contributed by atoms with Gasteiger partial charge in [-0.3, -0.25) is 4.99 Å². The van der Waals surface area contributed by atoms with Crippen molar-refractivity contribution in [2.75, 3.05) is 14.2 Å². The predicted molar refractivity (Wildman–Crippen MR) is 72.6 cm³/mol. The fourth-order valence-electron chi connectivity index (χ4n) is 0.880. The number of ether oxygens (including phenoxy) is 1. The SMILES string of the molecule is CN=C(N)NCc1csc(COC)n1.I. The number of thiazole rings is 1. The first-order valence-electron chi connectivity index (χ1n) is 4.14. The number of nitrogens with zero attached hydrogens (tertiary/aromatic N) is 2. The van der Waals surface area contributed by atoms with Crippen molar-refractivity contribution < 1.29 is 4.74 Å². The van der Waals surface area contributed by atoms with Gasteiger partial charge in [0.1, 0.15) is 5.01 Å². The number of guanidine groups is 1. The van der Waals surface area contributed by atoms with Gasteiger partial charge in [-0.05, 0) is 0 Å². The number of methoxy groups -OCH3 is 1. The van der Waals surface area contributed by atoms with Crippen LogP contribution in [0.1, 0.15) is 10.7 Å². The fourth-order valence-corrected chi connectivity index (χ4v) is 1.64. The molecule has 5 nitrogen and oxygen atoms in total. The summed E-state index contributed by atoms with van der Waals surface area (Å²) in [5.41, 5.74) is 6.43.